The zero-order valence-electron chi connectivity index (χ0n) is 15.7. The zero-order chi connectivity index (χ0) is 21.0. The van der Waals surface area contributed by atoms with Crippen molar-refractivity contribution in [3.05, 3.63) is 63.6 Å². The number of esters is 1. The van der Waals surface area contributed by atoms with Gasteiger partial charge in [-0.1, -0.05) is 41.9 Å². The van der Waals surface area contributed by atoms with Gasteiger partial charge in [0.25, 0.3) is 5.91 Å². The van der Waals surface area contributed by atoms with Crippen LogP contribution in [-0.4, -0.2) is 35.8 Å². The normalized spacial score (nSPS) is 17.1. The number of rotatable bonds is 6. The second kappa shape index (κ2) is 9.41. The number of carbonyl (C=O) groups is 3. The number of carbonyl (C=O) groups excluding carboxylic acids is 3. The van der Waals surface area contributed by atoms with E-state index in [0.717, 1.165) is 5.56 Å². The molecule has 152 valence electrons. The summed E-state index contributed by atoms with van der Waals surface area (Å²) in [5, 5.41) is 3.07. The van der Waals surface area contributed by atoms with Crippen molar-refractivity contribution in [1.29, 1.82) is 0 Å². The minimum atomic E-state index is -0.580. The van der Waals surface area contributed by atoms with Crippen LogP contribution in [0.2, 0.25) is 5.02 Å². The first-order chi connectivity index (χ1) is 13.8. The van der Waals surface area contributed by atoms with Crippen LogP contribution in [0.1, 0.15) is 24.9 Å². The highest BCUT2D eigenvalue weighted by Gasteiger charge is 2.38. The van der Waals surface area contributed by atoms with E-state index in [1.54, 1.807) is 23.1 Å². The smallest absolute Gasteiger partial charge is 0.311 e. The standard InChI is InChI=1S/C21H20BrClN2O4/c1-13(14-5-3-2-4-6-14)25-11-15(9-20(25)27)21(28)29-12-19(26)24-16-7-8-17(22)18(23)10-16/h2-8,10,13,15H,9,11-12H2,1H3,(H,24,26)/t13-,15-/m0/s1. The van der Waals surface area contributed by atoms with Gasteiger partial charge in [0.05, 0.1) is 17.0 Å². The van der Waals surface area contributed by atoms with Gasteiger partial charge in [0.15, 0.2) is 6.61 Å². The summed E-state index contributed by atoms with van der Waals surface area (Å²) >= 11 is 9.26. The molecule has 29 heavy (non-hydrogen) atoms. The summed E-state index contributed by atoms with van der Waals surface area (Å²) in [6.45, 7) is 1.78. The number of benzene rings is 2. The highest BCUT2D eigenvalue weighted by atomic mass is 79.9. The lowest BCUT2D eigenvalue weighted by Gasteiger charge is -2.25. The van der Waals surface area contributed by atoms with Gasteiger partial charge in [-0.2, -0.15) is 0 Å². The number of anilines is 1. The van der Waals surface area contributed by atoms with E-state index in [4.69, 9.17) is 16.3 Å². The average Bonchev–Trinajstić information content (AvgIpc) is 3.11. The van der Waals surface area contributed by atoms with Gasteiger partial charge < -0.3 is 15.0 Å². The van der Waals surface area contributed by atoms with Gasteiger partial charge in [-0.3, -0.25) is 14.4 Å². The van der Waals surface area contributed by atoms with E-state index in [1.165, 1.54) is 0 Å². The molecule has 3 rings (SSSR count). The Bertz CT molecular complexity index is 922. The second-order valence-corrected chi connectivity index (χ2v) is 8.08. The van der Waals surface area contributed by atoms with Gasteiger partial charge >= 0.3 is 5.97 Å². The average molecular weight is 480 g/mol. The van der Waals surface area contributed by atoms with E-state index in [2.05, 4.69) is 21.2 Å². The molecule has 2 amide bonds. The molecule has 1 aliphatic rings. The summed E-state index contributed by atoms with van der Waals surface area (Å²) in [4.78, 5) is 38.4. The van der Waals surface area contributed by atoms with Crippen LogP contribution in [0.4, 0.5) is 5.69 Å². The van der Waals surface area contributed by atoms with E-state index in [-0.39, 0.29) is 24.9 Å². The van der Waals surface area contributed by atoms with Crippen molar-refractivity contribution in [3.8, 4) is 0 Å². The van der Waals surface area contributed by atoms with Crippen molar-refractivity contribution in [2.75, 3.05) is 18.5 Å². The monoisotopic (exact) mass is 478 g/mol. The molecule has 0 aromatic heterocycles. The van der Waals surface area contributed by atoms with E-state index < -0.39 is 24.4 Å². The lowest BCUT2D eigenvalue weighted by atomic mass is 10.1. The number of halogens is 2. The van der Waals surface area contributed by atoms with Crippen LogP contribution in [0, 0.1) is 5.92 Å². The van der Waals surface area contributed by atoms with E-state index in [0.29, 0.717) is 15.2 Å². The van der Waals surface area contributed by atoms with Crippen molar-refractivity contribution in [3.63, 3.8) is 0 Å². The van der Waals surface area contributed by atoms with Gasteiger partial charge in [-0.05, 0) is 46.6 Å². The summed E-state index contributed by atoms with van der Waals surface area (Å²) in [6.07, 6.45) is 0.0833. The van der Waals surface area contributed by atoms with Crippen molar-refractivity contribution < 1.29 is 19.1 Å². The lowest BCUT2D eigenvalue weighted by molar-refractivity contribution is -0.151. The van der Waals surface area contributed by atoms with Crippen LogP contribution < -0.4 is 5.32 Å². The Hall–Kier alpha value is -2.38. The first-order valence-electron chi connectivity index (χ1n) is 9.11. The fourth-order valence-electron chi connectivity index (χ4n) is 3.20. The zero-order valence-corrected chi connectivity index (χ0v) is 18.1. The topological polar surface area (TPSA) is 75.7 Å². The number of hydrogen-bond acceptors (Lipinski definition) is 4. The van der Waals surface area contributed by atoms with Gasteiger partial charge in [-0.15, -0.1) is 0 Å². The fraction of sp³-hybridized carbons (Fsp3) is 0.286. The Morgan fingerprint density at radius 3 is 2.69 bits per heavy atom. The van der Waals surface area contributed by atoms with Gasteiger partial charge in [0.2, 0.25) is 5.91 Å². The van der Waals surface area contributed by atoms with Crippen LogP contribution in [0.3, 0.4) is 0 Å². The third-order valence-electron chi connectivity index (χ3n) is 4.79. The molecule has 1 saturated heterocycles. The molecule has 1 N–H and O–H groups in total. The van der Waals surface area contributed by atoms with Gasteiger partial charge in [0.1, 0.15) is 0 Å². The molecule has 1 heterocycles. The maximum atomic E-state index is 12.4. The van der Waals surface area contributed by atoms with E-state index >= 15 is 0 Å². The Balaban J connectivity index is 1.51. The Morgan fingerprint density at radius 2 is 2.00 bits per heavy atom. The van der Waals surface area contributed by atoms with Crippen molar-refractivity contribution >= 4 is 51.0 Å². The Kier molecular flexibility index (Phi) is 6.92. The summed E-state index contributed by atoms with van der Waals surface area (Å²) in [7, 11) is 0. The lowest BCUT2D eigenvalue weighted by Crippen LogP contribution is -2.30. The fourth-order valence-corrected chi connectivity index (χ4v) is 3.63. The number of likely N-dealkylation sites (tertiary alicyclic amines) is 1. The van der Waals surface area contributed by atoms with Crippen LogP contribution >= 0.6 is 27.5 Å². The molecule has 0 unspecified atom stereocenters. The third kappa shape index (κ3) is 5.36. The van der Waals surface area contributed by atoms with E-state index in [9.17, 15) is 14.4 Å². The summed E-state index contributed by atoms with van der Waals surface area (Å²) in [5.41, 5.74) is 1.50. The maximum Gasteiger partial charge on any atom is 0.311 e. The minimum Gasteiger partial charge on any atom is -0.455 e. The quantitative estimate of drug-likeness (QED) is 0.630. The molecule has 2 atom stereocenters. The largest absolute Gasteiger partial charge is 0.455 e. The van der Waals surface area contributed by atoms with Crippen LogP contribution in [0.25, 0.3) is 0 Å². The Morgan fingerprint density at radius 1 is 1.28 bits per heavy atom. The Labute approximate surface area is 182 Å². The molecule has 6 nitrogen and oxygen atoms in total. The minimum absolute atomic E-state index is 0.0833. The van der Waals surface area contributed by atoms with Crippen LogP contribution in [-0.2, 0) is 19.1 Å². The van der Waals surface area contributed by atoms with Crippen molar-refractivity contribution in [1.82, 2.24) is 4.90 Å². The highest BCUT2D eigenvalue weighted by Crippen LogP contribution is 2.29. The SMILES string of the molecule is C[C@@H](c1ccccc1)N1C[C@@H](C(=O)OCC(=O)Nc2ccc(Br)c(Cl)c2)CC1=O. The molecular weight excluding hydrogens is 460 g/mol. The van der Waals surface area contributed by atoms with Gasteiger partial charge in [-0.25, -0.2) is 0 Å². The van der Waals surface area contributed by atoms with Crippen molar-refractivity contribution in [2.45, 2.75) is 19.4 Å². The number of nitrogens with one attached hydrogen (secondary N) is 1. The number of amides is 2. The molecule has 2 aromatic carbocycles. The van der Waals surface area contributed by atoms with Gasteiger partial charge in [0, 0.05) is 23.1 Å². The third-order valence-corrected chi connectivity index (χ3v) is 6.02. The molecule has 1 fully saturated rings. The number of hydrogen-bond donors (Lipinski definition) is 1. The second-order valence-electron chi connectivity index (χ2n) is 6.82. The molecule has 1 aliphatic heterocycles. The number of ether oxygens (including phenoxy) is 1. The molecule has 0 saturated carbocycles. The number of nitrogens with zero attached hydrogens (tertiary/aromatic N) is 1. The summed E-state index contributed by atoms with van der Waals surface area (Å²) in [5.74, 6) is -1.71. The van der Waals surface area contributed by atoms with Crippen molar-refractivity contribution in [2.24, 2.45) is 5.92 Å². The first kappa shape index (κ1) is 21.3. The molecule has 0 aliphatic carbocycles. The highest BCUT2D eigenvalue weighted by molar-refractivity contribution is 9.10. The predicted octanol–water partition coefficient (Wildman–Crippen LogP) is 4.19. The summed E-state index contributed by atoms with van der Waals surface area (Å²) in [6, 6.07) is 14.5. The maximum absolute atomic E-state index is 12.4. The first-order valence-corrected chi connectivity index (χ1v) is 10.3. The van der Waals surface area contributed by atoms with E-state index in [1.807, 2.05) is 37.3 Å². The summed E-state index contributed by atoms with van der Waals surface area (Å²) < 4.78 is 5.84. The molecule has 2 aromatic rings. The molecule has 0 radical (unpaired) electrons. The molecule has 0 bridgehead atoms. The molecular formula is C21H20BrClN2O4. The van der Waals surface area contributed by atoms with Crippen LogP contribution in [0.5, 0.6) is 0 Å². The predicted molar refractivity (Wildman–Crippen MR) is 113 cm³/mol. The van der Waals surface area contributed by atoms with Crippen LogP contribution in [0.15, 0.2) is 53.0 Å². The molecule has 8 heteroatoms. The molecule has 0 spiro atoms.